The minimum atomic E-state index is 0.0494. The number of ether oxygens (including phenoxy) is 2. The van der Waals surface area contributed by atoms with Gasteiger partial charge in [-0.05, 0) is 37.0 Å². The minimum absolute atomic E-state index is 0.0494. The standard InChI is InChI=1S/C22H25ClN2O2/c23-21-10-6-11-22(20(21)15-24)27-17-19-16-25(13-14-26-19)12-5-4-9-18-7-2-1-3-8-18/h1-3,6-8,10-11,19H,4-5,9,12-14,16-17H2/p+1. The number of nitrogens with zero attached hydrogens (tertiary/aromatic N) is 1. The Morgan fingerprint density at radius 2 is 2.00 bits per heavy atom. The summed E-state index contributed by atoms with van der Waals surface area (Å²) in [6.07, 6.45) is 3.62. The second-order valence-corrected chi connectivity index (χ2v) is 7.33. The predicted molar refractivity (Wildman–Crippen MR) is 106 cm³/mol. The molecule has 0 bridgehead atoms. The molecule has 0 aromatic heterocycles. The van der Waals surface area contributed by atoms with Crippen molar-refractivity contribution in [2.45, 2.75) is 25.4 Å². The lowest BCUT2D eigenvalue weighted by molar-refractivity contribution is -0.912. The molecule has 3 rings (SSSR count). The van der Waals surface area contributed by atoms with Crippen LogP contribution in [0.2, 0.25) is 5.02 Å². The number of quaternary nitrogens is 1. The quantitative estimate of drug-likeness (QED) is 0.711. The van der Waals surface area contributed by atoms with Gasteiger partial charge in [0.05, 0.1) is 18.2 Å². The maximum Gasteiger partial charge on any atom is 0.140 e. The molecular weight excluding hydrogens is 360 g/mol. The van der Waals surface area contributed by atoms with Crippen LogP contribution < -0.4 is 9.64 Å². The Bertz CT molecular complexity index is 761. The summed E-state index contributed by atoms with van der Waals surface area (Å²) in [7, 11) is 0. The summed E-state index contributed by atoms with van der Waals surface area (Å²) >= 11 is 6.05. The Labute approximate surface area is 166 Å². The summed E-state index contributed by atoms with van der Waals surface area (Å²) in [5, 5.41) is 9.65. The van der Waals surface area contributed by atoms with E-state index in [4.69, 9.17) is 21.1 Å². The highest BCUT2D eigenvalue weighted by atomic mass is 35.5. The molecular formula is C22H26ClN2O2+. The van der Waals surface area contributed by atoms with Crippen LogP contribution in [0.25, 0.3) is 0 Å². The Hall–Kier alpha value is -2.06. The number of hydrogen-bond acceptors (Lipinski definition) is 3. The summed E-state index contributed by atoms with van der Waals surface area (Å²) in [6.45, 7) is 4.34. The van der Waals surface area contributed by atoms with E-state index in [-0.39, 0.29) is 6.10 Å². The molecule has 0 amide bonds. The van der Waals surface area contributed by atoms with Crippen LogP contribution >= 0.6 is 11.6 Å². The van der Waals surface area contributed by atoms with Gasteiger partial charge in [-0.2, -0.15) is 5.26 Å². The van der Waals surface area contributed by atoms with Crippen LogP contribution in [0.4, 0.5) is 0 Å². The second kappa shape index (κ2) is 10.3. The first-order chi connectivity index (χ1) is 13.3. The van der Waals surface area contributed by atoms with E-state index in [0.717, 1.165) is 32.7 Å². The van der Waals surface area contributed by atoms with Crippen molar-refractivity contribution in [2.24, 2.45) is 0 Å². The number of nitrogens with one attached hydrogen (secondary N) is 1. The lowest BCUT2D eigenvalue weighted by Gasteiger charge is -2.30. The first-order valence-corrected chi connectivity index (χ1v) is 9.94. The van der Waals surface area contributed by atoms with Gasteiger partial charge < -0.3 is 14.4 Å². The zero-order valence-corrected chi connectivity index (χ0v) is 16.3. The SMILES string of the molecule is N#Cc1c(Cl)cccc1OCC1C[NH+](CCCCc2ccccc2)CCO1. The van der Waals surface area contributed by atoms with Crippen LogP contribution in [0.3, 0.4) is 0 Å². The topological polar surface area (TPSA) is 46.7 Å². The molecule has 1 fully saturated rings. The maximum atomic E-state index is 9.23. The van der Waals surface area contributed by atoms with Crippen molar-refractivity contribution in [3.05, 3.63) is 64.7 Å². The molecule has 4 nitrogen and oxygen atoms in total. The Morgan fingerprint density at radius 3 is 2.81 bits per heavy atom. The number of hydrogen-bond donors (Lipinski definition) is 1. The Balaban J connectivity index is 1.40. The third-order valence-electron chi connectivity index (χ3n) is 4.93. The van der Waals surface area contributed by atoms with Crippen LogP contribution in [0.15, 0.2) is 48.5 Å². The zero-order valence-electron chi connectivity index (χ0n) is 15.5. The molecule has 1 saturated heterocycles. The number of benzene rings is 2. The Morgan fingerprint density at radius 1 is 1.15 bits per heavy atom. The van der Waals surface area contributed by atoms with Crippen molar-refractivity contribution in [3.63, 3.8) is 0 Å². The first kappa shape index (κ1) is 19.7. The van der Waals surface area contributed by atoms with Crippen molar-refractivity contribution in [3.8, 4) is 11.8 Å². The average Bonchev–Trinajstić information content (AvgIpc) is 2.71. The van der Waals surface area contributed by atoms with Gasteiger partial charge in [0.25, 0.3) is 0 Å². The van der Waals surface area contributed by atoms with E-state index in [1.165, 1.54) is 18.4 Å². The van der Waals surface area contributed by atoms with Gasteiger partial charge in [0.15, 0.2) is 0 Å². The Kier molecular flexibility index (Phi) is 7.53. The van der Waals surface area contributed by atoms with Crippen LogP contribution in [-0.4, -0.2) is 39.0 Å². The first-order valence-electron chi connectivity index (χ1n) is 9.57. The van der Waals surface area contributed by atoms with Crippen LogP contribution in [-0.2, 0) is 11.2 Å². The van der Waals surface area contributed by atoms with Gasteiger partial charge in [0, 0.05) is 0 Å². The minimum Gasteiger partial charge on any atom is -0.489 e. The average molecular weight is 386 g/mol. The molecule has 2 atom stereocenters. The fraction of sp³-hybridized carbons (Fsp3) is 0.409. The smallest absolute Gasteiger partial charge is 0.140 e. The van der Waals surface area contributed by atoms with Gasteiger partial charge in [0.2, 0.25) is 0 Å². The summed E-state index contributed by atoms with van der Waals surface area (Å²) in [6, 6.07) is 18.0. The van der Waals surface area contributed by atoms with Crippen LogP contribution in [0.1, 0.15) is 24.0 Å². The summed E-state index contributed by atoms with van der Waals surface area (Å²) in [4.78, 5) is 1.56. The molecule has 27 heavy (non-hydrogen) atoms. The molecule has 0 saturated carbocycles. The van der Waals surface area contributed by atoms with E-state index >= 15 is 0 Å². The summed E-state index contributed by atoms with van der Waals surface area (Å²) < 4.78 is 11.7. The van der Waals surface area contributed by atoms with Crippen LogP contribution in [0.5, 0.6) is 5.75 Å². The molecule has 2 unspecified atom stereocenters. The lowest BCUT2D eigenvalue weighted by atomic mass is 10.1. The summed E-state index contributed by atoms with van der Waals surface area (Å²) in [5.41, 5.74) is 1.80. The molecule has 1 N–H and O–H groups in total. The molecule has 0 spiro atoms. The lowest BCUT2D eigenvalue weighted by Crippen LogP contribution is -3.15. The number of rotatable bonds is 8. The highest BCUT2D eigenvalue weighted by Gasteiger charge is 2.24. The highest BCUT2D eigenvalue weighted by Crippen LogP contribution is 2.25. The van der Waals surface area contributed by atoms with E-state index < -0.39 is 0 Å². The van der Waals surface area contributed by atoms with E-state index in [9.17, 15) is 5.26 Å². The molecule has 1 heterocycles. The fourth-order valence-corrected chi connectivity index (χ4v) is 3.66. The van der Waals surface area contributed by atoms with Crippen LogP contribution in [0, 0.1) is 11.3 Å². The number of unbranched alkanes of at least 4 members (excludes halogenated alkanes) is 1. The van der Waals surface area contributed by atoms with Gasteiger partial charge in [0.1, 0.15) is 43.2 Å². The molecule has 1 aliphatic heterocycles. The van der Waals surface area contributed by atoms with Crippen molar-refractivity contribution in [1.82, 2.24) is 0 Å². The third kappa shape index (κ3) is 5.97. The largest absolute Gasteiger partial charge is 0.489 e. The normalized spacial score (nSPS) is 19.4. The fourth-order valence-electron chi connectivity index (χ4n) is 3.45. The van der Waals surface area contributed by atoms with Gasteiger partial charge in [-0.25, -0.2) is 0 Å². The highest BCUT2D eigenvalue weighted by molar-refractivity contribution is 6.31. The molecule has 1 aliphatic rings. The van der Waals surface area contributed by atoms with Crippen molar-refractivity contribution in [2.75, 3.05) is 32.8 Å². The predicted octanol–water partition coefficient (Wildman–Crippen LogP) is 2.90. The van der Waals surface area contributed by atoms with E-state index in [0.29, 0.717) is 22.9 Å². The van der Waals surface area contributed by atoms with Gasteiger partial charge >= 0.3 is 0 Å². The van der Waals surface area contributed by atoms with E-state index in [1.807, 2.05) is 0 Å². The number of nitriles is 1. The third-order valence-corrected chi connectivity index (χ3v) is 5.24. The van der Waals surface area contributed by atoms with Crippen molar-refractivity contribution < 1.29 is 14.4 Å². The summed E-state index contributed by atoms with van der Waals surface area (Å²) in [5.74, 6) is 0.531. The number of aryl methyl sites for hydroxylation is 1. The number of halogens is 1. The molecule has 0 aliphatic carbocycles. The molecule has 2 aromatic carbocycles. The van der Waals surface area contributed by atoms with Gasteiger partial charge in [-0.3, -0.25) is 0 Å². The monoisotopic (exact) mass is 385 g/mol. The number of morpholine rings is 1. The van der Waals surface area contributed by atoms with E-state index in [1.54, 1.807) is 23.1 Å². The van der Waals surface area contributed by atoms with Gasteiger partial charge in [-0.1, -0.05) is 48.0 Å². The van der Waals surface area contributed by atoms with E-state index in [2.05, 4.69) is 36.4 Å². The molecule has 142 valence electrons. The molecule has 0 radical (unpaired) electrons. The van der Waals surface area contributed by atoms with Crippen molar-refractivity contribution >= 4 is 11.6 Å². The maximum absolute atomic E-state index is 9.23. The molecule has 5 heteroatoms. The second-order valence-electron chi connectivity index (χ2n) is 6.93. The van der Waals surface area contributed by atoms with Crippen molar-refractivity contribution in [1.29, 1.82) is 5.26 Å². The van der Waals surface area contributed by atoms with Gasteiger partial charge in [-0.15, -0.1) is 0 Å². The molecule has 2 aromatic rings. The zero-order chi connectivity index (χ0) is 18.9.